The molecule has 4 aromatic carbocycles. The molecule has 0 fully saturated rings. The zero-order valence-corrected chi connectivity index (χ0v) is 33.8. The van der Waals surface area contributed by atoms with Gasteiger partial charge in [-0.15, -0.1) is 41.3 Å². The number of nitrogens with zero attached hydrogens (tertiary/aromatic N) is 4. The van der Waals surface area contributed by atoms with Gasteiger partial charge in [-0.05, 0) is 110 Å². The van der Waals surface area contributed by atoms with Crippen LogP contribution in [0.5, 0.6) is 11.5 Å². The first-order chi connectivity index (χ1) is 25.1. The number of aromatic nitrogens is 4. The molecule has 3 heterocycles. The Morgan fingerprint density at radius 1 is 0.774 bits per heavy atom. The summed E-state index contributed by atoms with van der Waals surface area (Å²) in [7, 11) is 0. The Morgan fingerprint density at radius 3 is 2.28 bits per heavy atom. The summed E-state index contributed by atoms with van der Waals surface area (Å²) in [6.45, 7) is 17.8. The second kappa shape index (κ2) is 16.3. The maximum atomic E-state index is 6.72. The summed E-state index contributed by atoms with van der Waals surface area (Å²) >= 11 is 0. The van der Waals surface area contributed by atoms with Gasteiger partial charge in [0.15, 0.2) is 0 Å². The Kier molecular flexibility index (Phi) is 11.7. The summed E-state index contributed by atoms with van der Waals surface area (Å²) in [4.78, 5) is 4.84. The van der Waals surface area contributed by atoms with E-state index in [-0.39, 0.29) is 26.3 Å². The topological polar surface area (TPSA) is 44.9 Å². The van der Waals surface area contributed by atoms with Crippen molar-refractivity contribution in [2.24, 2.45) is 5.92 Å². The molecule has 7 aromatic rings. The number of fused-ring (bicyclic) bond motifs is 3. The van der Waals surface area contributed by atoms with Gasteiger partial charge >= 0.3 is 20.4 Å². The Bertz CT molecular complexity index is 2360. The standard InChI is InChI=1S/C47H50N4O.Pd/c1-9-10-16-35-23-24-48-45(25-35)50-42-18-12-11-17-40(42)41-21-20-38(29-44(41)50)52-39-27-36(31(4)5)26-37(28-39)51-43(22-19-30(2)3)47(34(8)49-51)46-32(6)14-13-15-33(46)7;/h11-15,17-18,20-21,23-27,30-31H,9-10,16,19,22H2,1-8H3;/q-2;+2. The monoisotopic (exact) mass is 792 g/mol. The van der Waals surface area contributed by atoms with Crippen LogP contribution in [0.15, 0.2) is 85.1 Å². The molecular weight excluding hydrogens is 743 g/mol. The molecule has 7 rings (SSSR count). The average molecular weight is 793 g/mol. The largest absolute Gasteiger partial charge is 2.00 e. The summed E-state index contributed by atoms with van der Waals surface area (Å²) < 4.78 is 11.1. The quantitative estimate of drug-likeness (QED) is 0.0914. The van der Waals surface area contributed by atoms with Gasteiger partial charge < -0.3 is 9.30 Å². The maximum Gasteiger partial charge on any atom is 2.00 e. The van der Waals surface area contributed by atoms with Crippen LogP contribution in [0, 0.1) is 38.8 Å². The second-order valence-electron chi connectivity index (χ2n) is 15.0. The third kappa shape index (κ3) is 7.77. The molecule has 5 nitrogen and oxygen atoms in total. The molecule has 0 aliphatic rings. The van der Waals surface area contributed by atoms with Gasteiger partial charge in [0.2, 0.25) is 0 Å². The fourth-order valence-electron chi connectivity index (χ4n) is 7.43. The average Bonchev–Trinajstić information content (AvgIpc) is 3.63. The predicted octanol–water partition coefficient (Wildman–Crippen LogP) is 12.4. The third-order valence-electron chi connectivity index (χ3n) is 10.2. The molecule has 53 heavy (non-hydrogen) atoms. The number of para-hydroxylation sites is 1. The van der Waals surface area contributed by atoms with Crippen molar-refractivity contribution in [3.05, 3.63) is 131 Å². The molecule has 0 aliphatic carbocycles. The SMILES string of the molecule is CCCCc1ccnc(-n2c3[c-]c(Oc4[c-]c(-n5nc(C)c(-c6c(C)cccc6C)c5CCC(C)C)cc(C(C)C)c4)ccc3c3ccccc32)c1.[Pd+2]. The fourth-order valence-corrected chi connectivity index (χ4v) is 7.43. The van der Waals surface area contributed by atoms with Crippen LogP contribution in [-0.4, -0.2) is 19.3 Å². The van der Waals surface area contributed by atoms with Crippen LogP contribution in [0.3, 0.4) is 0 Å². The van der Waals surface area contributed by atoms with Gasteiger partial charge in [-0.3, -0.25) is 4.68 Å². The van der Waals surface area contributed by atoms with E-state index in [0.29, 0.717) is 17.4 Å². The van der Waals surface area contributed by atoms with Crippen molar-refractivity contribution in [1.82, 2.24) is 19.3 Å². The Morgan fingerprint density at radius 2 is 1.55 bits per heavy atom. The summed E-state index contributed by atoms with van der Waals surface area (Å²) in [5.41, 5.74) is 12.7. The van der Waals surface area contributed by atoms with Crippen LogP contribution in [0.1, 0.15) is 93.4 Å². The molecule has 0 bridgehead atoms. The minimum atomic E-state index is 0. The van der Waals surface area contributed by atoms with E-state index in [4.69, 9.17) is 14.8 Å². The molecule has 0 N–H and O–H groups in total. The normalized spacial score (nSPS) is 11.6. The second-order valence-corrected chi connectivity index (χ2v) is 15.0. The number of ether oxygens (including phenoxy) is 1. The van der Waals surface area contributed by atoms with Crippen molar-refractivity contribution >= 4 is 21.8 Å². The smallest absolute Gasteiger partial charge is 0.509 e. The molecule has 3 aromatic heterocycles. The van der Waals surface area contributed by atoms with E-state index in [9.17, 15) is 0 Å². The molecule has 0 unspecified atom stereocenters. The Balaban J connectivity index is 0.00000481. The van der Waals surface area contributed by atoms with Crippen molar-refractivity contribution < 1.29 is 25.2 Å². The third-order valence-corrected chi connectivity index (χ3v) is 10.2. The Labute approximate surface area is 329 Å². The van der Waals surface area contributed by atoms with Crippen LogP contribution in [0.4, 0.5) is 0 Å². The van der Waals surface area contributed by atoms with Crippen molar-refractivity contribution in [3.8, 4) is 34.1 Å². The van der Waals surface area contributed by atoms with Crippen LogP contribution < -0.4 is 4.74 Å². The van der Waals surface area contributed by atoms with Gasteiger partial charge in [-0.1, -0.05) is 83.0 Å². The molecule has 0 atom stereocenters. The number of pyridine rings is 1. The first kappa shape index (κ1) is 38.2. The molecule has 0 saturated heterocycles. The molecule has 0 radical (unpaired) electrons. The van der Waals surface area contributed by atoms with Crippen LogP contribution >= 0.6 is 0 Å². The Hall–Kier alpha value is -4.50. The molecule has 0 aliphatic heterocycles. The maximum absolute atomic E-state index is 6.72. The number of benzene rings is 4. The summed E-state index contributed by atoms with van der Waals surface area (Å²) in [5.74, 6) is 3.02. The molecule has 6 heteroatoms. The molecule has 274 valence electrons. The molecule has 0 saturated carbocycles. The van der Waals surface area contributed by atoms with Crippen LogP contribution in [0.2, 0.25) is 0 Å². The van der Waals surface area contributed by atoms with Crippen molar-refractivity contribution in [2.45, 2.75) is 93.4 Å². The van der Waals surface area contributed by atoms with Crippen molar-refractivity contribution in [1.29, 1.82) is 0 Å². The predicted molar refractivity (Wildman–Crippen MR) is 215 cm³/mol. The van der Waals surface area contributed by atoms with E-state index >= 15 is 0 Å². The summed E-state index contributed by atoms with van der Waals surface area (Å²) in [6.07, 6.45) is 7.25. The molecule has 0 spiro atoms. The first-order valence-electron chi connectivity index (χ1n) is 18.9. The minimum Gasteiger partial charge on any atom is -0.509 e. The summed E-state index contributed by atoms with van der Waals surface area (Å²) in [5, 5.41) is 7.50. The number of hydrogen-bond acceptors (Lipinski definition) is 3. The van der Waals surface area contributed by atoms with Crippen molar-refractivity contribution in [2.75, 3.05) is 0 Å². The van der Waals surface area contributed by atoms with E-state index in [1.807, 2.05) is 12.3 Å². The van der Waals surface area contributed by atoms with E-state index in [0.717, 1.165) is 65.7 Å². The molecular formula is C47H50N4OPd. The fraction of sp³-hybridized carbons (Fsp3) is 0.319. The summed E-state index contributed by atoms with van der Waals surface area (Å²) in [6, 6.07) is 35.2. The van der Waals surface area contributed by atoms with E-state index in [2.05, 4.69) is 150 Å². The first-order valence-corrected chi connectivity index (χ1v) is 18.9. The number of aryl methyl sites for hydroxylation is 4. The van der Waals surface area contributed by atoms with Crippen molar-refractivity contribution in [3.63, 3.8) is 0 Å². The van der Waals surface area contributed by atoms with E-state index in [1.54, 1.807) is 0 Å². The number of unbranched alkanes of at least 4 members (excludes halogenated alkanes) is 1. The zero-order valence-electron chi connectivity index (χ0n) is 32.3. The number of hydrogen-bond donors (Lipinski definition) is 0. The zero-order chi connectivity index (χ0) is 36.5. The molecule has 0 amide bonds. The van der Waals surface area contributed by atoms with Gasteiger partial charge in [-0.2, -0.15) is 11.2 Å². The minimum absolute atomic E-state index is 0. The van der Waals surface area contributed by atoms with E-state index in [1.165, 1.54) is 44.5 Å². The number of rotatable bonds is 12. The van der Waals surface area contributed by atoms with Gasteiger partial charge in [0.25, 0.3) is 0 Å². The van der Waals surface area contributed by atoms with Crippen LogP contribution in [0.25, 0.3) is 44.4 Å². The van der Waals surface area contributed by atoms with Gasteiger partial charge in [-0.25, -0.2) is 4.98 Å². The van der Waals surface area contributed by atoms with E-state index < -0.39 is 0 Å². The van der Waals surface area contributed by atoms with Gasteiger partial charge in [0.05, 0.1) is 5.69 Å². The van der Waals surface area contributed by atoms with Crippen LogP contribution in [-0.2, 0) is 33.3 Å². The van der Waals surface area contributed by atoms with Gasteiger partial charge in [0, 0.05) is 34.5 Å². The van der Waals surface area contributed by atoms with Gasteiger partial charge in [0.1, 0.15) is 5.82 Å².